The Labute approximate surface area is 187 Å². The number of aromatic amines is 1. The number of rotatable bonds is 3. The molecule has 2 N–H and O–H groups in total. The van der Waals surface area contributed by atoms with Gasteiger partial charge in [-0.25, -0.2) is 17.2 Å². The van der Waals surface area contributed by atoms with Gasteiger partial charge in [-0.3, -0.25) is 4.72 Å². The number of anilines is 1. The van der Waals surface area contributed by atoms with Gasteiger partial charge in [-0.15, -0.1) is 0 Å². The fourth-order valence-corrected chi connectivity index (χ4v) is 5.74. The summed E-state index contributed by atoms with van der Waals surface area (Å²) in [7, 11) is -4.52. The number of hydrogen-bond acceptors (Lipinski definition) is 2. The van der Waals surface area contributed by atoms with Crippen LogP contribution in [0, 0.1) is 11.6 Å². The minimum Gasteiger partial charge on any atom is -0.354 e. The monoisotopic (exact) mass is 458 g/mol. The van der Waals surface area contributed by atoms with E-state index in [-0.39, 0.29) is 5.69 Å². The molecule has 0 spiro atoms. The first-order chi connectivity index (χ1) is 15.9. The lowest BCUT2D eigenvalue weighted by Crippen LogP contribution is -2.16. The van der Waals surface area contributed by atoms with Crippen molar-refractivity contribution in [2.24, 2.45) is 0 Å². The average molecular weight is 458 g/mol. The zero-order valence-electron chi connectivity index (χ0n) is 17.1. The van der Waals surface area contributed by atoms with E-state index in [9.17, 15) is 17.2 Å². The van der Waals surface area contributed by atoms with E-state index in [1.165, 1.54) is 0 Å². The highest BCUT2D eigenvalue weighted by Crippen LogP contribution is 2.39. The molecule has 0 atom stereocenters. The van der Waals surface area contributed by atoms with E-state index in [1.54, 1.807) is 18.2 Å². The molecule has 7 heteroatoms. The van der Waals surface area contributed by atoms with Gasteiger partial charge >= 0.3 is 0 Å². The summed E-state index contributed by atoms with van der Waals surface area (Å²) in [5, 5.41) is 5.24. The van der Waals surface area contributed by atoms with Crippen molar-refractivity contribution in [3.63, 3.8) is 0 Å². The van der Waals surface area contributed by atoms with E-state index in [0.717, 1.165) is 56.2 Å². The summed E-state index contributed by atoms with van der Waals surface area (Å²) in [6, 6.07) is 23.9. The van der Waals surface area contributed by atoms with E-state index in [1.807, 2.05) is 48.5 Å². The number of halogens is 2. The van der Waals surface area contributed by atoms with E-state index >= 15 is 0 Å². The van der Waals surface area contributed by atoms with E-state index in [0.29, 0.717) is 5.39 Å². The maximum absolute atomic E-state index is 14.3. The van der Waals surface area contributed by atoms with Gasteiger partial charge in [0, 0.05) is 27.1 Å². The molecular formula is C26H16F2N2O2S. The molecule has 0 unspecified atom stereocenters. The van der Waals surface area contributed by atoms with Gasteiger partial charge in [-0.1, -0.05) is 60.7 Å². The average Bonchev–Trinajstić information content (AvgIpc) is 3.18. The van der Waals surface area contributed by atoms with Crippen molar-refractivity contribution in [2.45, 2.75) is 4.90 Å². The molecule has 33 heavy (non-hydrogen) atoms. The zero-order valence-corrected chi connectivity index (χ0v) is 17.9. The molecule has 4 nitrogen and oxygen atoms in total. The van der Waals surface area contributed by atoms with Crippen molar-refractivity contribution in [3.05, 3.63) is 96.6 Å². The number of fused-ring (bicyclic) bond motifs is 7. The molecule has 162 valence electrons. The number of sulfonamides is 1. The standard InChI is InChI=1S/C26H16F2N2O2S/c27-20-10-5-11-21(28)26(20)33(31,32)30-23-14-19-24-16-7-2-1-6-15(16)12-13-22(24)29-25(19)18-9-4-3-8-17(18)23/h1-14,29-30H. The minimum atomic E-state index is -4.52. The third kappa shape index (κ3) is 2.97. The number of nitrogens with one attached hydrogen (secondary N) is 2. The maximum atomic E-state index is 14.3. The maximum Gasteiger partial charge on any atom is 0.267 e. The van der Waals surface area contributed by atoms with Crippen molar-refractivity contribution in [1.82, 2.24) is 4.98 Å². The molecule has 6 aromatic rings. The molecule has 0 saturated carbocycles. The molecule has 0 aliphatic rings. The Kier molecular flexibility index (Phi) is 4.19. The Bertz CT molecular complexity index is 1820. The van der Waals surface area contributed by atoms with Crippen LogP contribution < -0.4 is 4.72 Å². The van der Waals surface area contributed by atoms with Gasteiger partial charge in [0.2, 0.25) is 0 Å². The van der Waals surface area contributed by atoms with Gasteiger partial charge in [0.15, 0.2) is 4.90 Å². The Morgan fingerprint density at radius 3 is 2.12 bits per heavy atom. The topological polar surface area (TPSA) is 62.0 Å². The smallest absolute Gasteiger partial charge is 0.267 e. The first-order valence-electron chi connectivity index (χ1n) is 10.3. The van der Waals surface area contributed by atoms with Crippen LogP contribution in [0.2, 0.25) is 0 Å². The quantitative estimate of drug-likeness (QED) is 0.310. The first kappa shape index (κ1) is 19.7. The number of hydrogen-bond donors (Lipinski definition) is 2. The van der Waals surface area contributed by atoms with Crippen molar-refractivity contribution in [2.75, 3.05) is 4.72 Å². The summed E-state index contributed by atoms with van der Waals surface area (Å²) in [5.41, 5.74) is 2.01. The van der Waals surface area contributed by atoms with Gasteiger partial charge < -0.3 is 4.98 Å². The summed E-state index contributed by atoms with van der Waals surface area (Å²) in [5.74, 6) is -2.29. The highest BCUT2D eigenvalue weighted by Gasteiger charge is 2.25. The van der Waals surface area contributed by atoms with Gasteiger partial charge in [0.1, 0.15) is 11.6 Å². The predicted molar refractivity (Wildman–Crippen MR) is 128 cm³/mol. The molecule has 5 aromatic carbocycles. The summed E-state index contributed by atoms with van der Waals surface area (Å²) >= 11 is 0. The summed E-state index contributed by atoms with van der Waals surface area (Å²) in [4.78, 5) is 2.45. The molecule has 0 radical (unpaired) electrons. The molecule has 0 aliphatic carbocycles. The van der Waals surface area contributed by atoms with Crippen molar-refractivity contribution < 1.29 is 17.2 Å². The van der Waals surface area contributed by atoms with Crippen LogP contribution in [-0.4, -0.2) is 13.4 Å². The van der Waals surface area contributed by atoms with Crippen LogP contribution in [0.4, 0.5) is 14.5 Å². The number of aromatic nitrogens is 1. The highest BCUT2D eigenvalue weighted by molar-refractivity contribution is 7.92. The van der Waals surface area contributed by atoms with Crippen molar-refractivity contribution >= 4 is 59.1 Å². The summed E-state index contributed by atoms with van der Waals surface area (Å²) in [6.07, 6.45) is 0. The van der Waals surface area contributed by atoms with Crippen LogP contribution in [-0.2, 0) is 10.0 Å². The zero-order chi connectivity index (χ0) is 22.7. The Balaban J connectivity index is 1.68. The van der Waals surface area contributed by atoms with E-state index in [4.69, 9.17) is 0 Å². The second-order valence-electron chi connectivity index (χ2n) is 7.88. The van der Waals surface area contributed by atoms with Gasteiger partial charge in [0.05, 0.1) is 11.2 Å². The van der Waals surface area contributed by atoms with Crippen LogP contribution in [0.15, 0.2) is 89.8 Å². The fraction of sp³-hybridized carbons (Fsp3) is 0. The second-order valence-corrected chi connectivity index (χ2v) is 9.50. The van der Waals surface area contributed by atoms with Gasteiger partial charge in [0.25, 0.3) is 10.0 Å². The Morgan fingerprint density at radius 1 is 0.697 bits per heavy atom. The normalized spacial score (nSPS) is 12.2. The molecule has 0 amide bonds. The van der Waals surface area contributed by atoms with E-state index in [2.05, 4.69) is 9.71 Å². The Morgan fingerprint density at radius 2 is 1.36 bits per heavy atom. The molecule has 0 bridgehead atoms. The molecule has 0 aliphatic heterocycles. The predicted octanol–water partition coefficient (Wildman–Crippen LogP) is 6.71. The number of H-pyrrole nitrogens is 1. The third-order valence-electron chi connectivity index (χ3n) is 5.93. The molecule has 1 aromatic heterocycles. The molecule has 0 fully saturated rings. The molecule has 0 saturated heterocycles. The van der Waals surface area contributed by atoms with Crippen LogP contribution in [0.3, 0.4) is 0 Å². The highest BCUT2D eigenvalue weighted by atomic mass is 32.2. The summed E-state index contributed by atoms with van der Waals surface area (Å²) < 4.78 is 57.1. The van der Waals surface area contributed by atoms with Crippen LogP contribution in [0.1, 0.15) is 0 Å². The SMILES string of the molecule is O=S(=O)(Nc1cc2c([nH]c3ccc4ccccc4c32)c2ccccc12)c1c(F)cccc1F. The number of benzene rings is 5. The van der Waals surface area contributed by atoms with Crippen molar-refractivity contribution in [3.8, 4) is 0 Å². The molecular weight excluding hydrogens is 442 g/mol. The lowest BCUT2D eigenvalue weighted by molar-refractivity contribution is 0.521. The first-order valence-corrected chi connectivity index (χ1v) is 11.7. The molecule has 1 heterocycles. The summed E-state index contributed by atoms with van der Waals surface area (Å²) in [6.45, 7) is 0. The Hall–Kier alpha value is -3.97. The fourth-order valence-electron chi connectivity index (χ4n) is 4.53. The van der Waals surface area contributed by atoms with Crippen LogP contribution in [0.25, 0.3) is 43.4 Å². The van der Waals surface area contributed by atoms with E-state index < -0.39 is 26.6 Å². The van der Waals surface area contributed by atoms with Gasteiger partial charge in [-0.2, -0.15) is 0 Å². The second kappa shape index (κ2) is 7.02. The lowest BCUT2D eigenvalue weighted by Gasteiger charge is -2.13. The van der Waals surface area contributed by atoms with Crippen molar-refractivity contribution in [1.29, 1.82) is 0 Å². The van der Waals surface area contributed by atoms with Crippen LogP contribution >= 0.6 is 0 Å². The third-order valence-corrected chi connectivity index (χ3v) is 7.35. The largest absolute Gasteiger partial charge is 0.354 e. The van der Waals surface area contributed by atoms with Gasteiger partial charge in [-0.05, 0) is 35.0 Å². The van der Waals surface area contributed by atoms with Crippen LogP contribution in [0.5, 0.6) is 0 Å². The molecule has 6 rings (SSSR count). The minimum absolute atomic E-state index is 0.245. The lowest BCUT2D eigenvalue weighted by atomic mass is 10.0.